The lowest BCUT2D eigenvalue weighted by Gasteiger charge is -2.15. The standard InChI is InChI=1S/C26H30FN3O2/c1-20(28-2)19-22(26(31)29-15-18-30-16-3-4-17-30)8-5-21-6-11-24(12-7-21)32-25-13-9-23(27)10-14-25/h5-14,19H,3-4,15-18H2,1-2H3,(H,29,31)/b8-5+,22-19+,28-20?. The number of likely N-dealkylation sites (tertiary alicyclic amines) is 1. The quantitative estimate of drug-likeness (QED) is 0.348. The van der Waals surface area contributed by atoms with Gasteiger partial charge < -0.3 is 15.0 Å². The molecule has 168 valence electrons. The van der Waals surface area contributed by atoms with Crippen LogP contribution >= 0.6 is 0 Å². The molecule has 1 amide bonds. The van der Waals surface area contributed by atoms with Gasteiger partial charge in [0.25, 0.3) is 5.91 Å². The fourth-order valence-corrected chi connectivity index (χ4v) is 3.39. The first-order valence-electron chi connectivity index (χ1n) is 10.9. The minimum atomic E-state index is -0.301. The van der Waals surface area contributed by atoms with E-state index in [1.807, 2.05) is 37.3 Å². The van der Waals surface area contributed by atoms with E-state index in [1.165, 1.54) is 25.0 Å². The molecule has 6 heteroatoms. The Labute approximate surface area is 189 Å². The Morgan fingerprint density at radius 2 is 1.72 bits per heavy atom. The summed E-state index contributed by atoms with van der Waals surface area (Å²) in [5.41, 5.74) is 2.27. The number of amides is 1. The van der Waals surface area contributed by atoms with Gasteiger partial charge in [0.1, 0.15) is 17.3 Å². The number of aliphatic imine (C=N–C) groups is 1. The molecule has 1 saturated heterocycles. The van der Waals surface area contributed by atoms with Gasteiger partial charge in [0.2, 0.25) is 0 Å². The molecular formula is C26H30FN3O2. The highest BCUT2D eigenvalue weighted by Crippen LogP contribution is 2.22. The largest absolute Gasteiger partial charge is 0.457 e. The van der Waals surface area contributed by atoms with Gasteiger partial charge >= 0.3 is 0 Å². The van der Waals surface area contributed by atoms with E-state index < -0.39 is 0 Å². The van der Waals surface area contributed by atoms with Crippen molar-refractivity contribution in [1.82, 2.24) is 10.2 Å². The van der Waals surface area contributed by atoms with Crippen molar-refractivity contribution in [2.75, 3.05) is 33.2 Å². The highest BCUT2D eigenvalue weighted by Gasteiger charge is 2.12. The number of benzene rings is 2. The average Bonchev–Trinajstić information content (AvgIpc) is 3.32. The van der Waals surface area contributed by atoms with Crippen molar-refractivity contribution in [1.29, 1.82) is 0 Å². The maximum Gasteiger partial charge on any atom is 0.251 e. The van der Waals surface area contributed by atoms with Crippen LogP contribution < -0.4 is 10.1 Å². The van der Waals surface area contributed by atoms with Crippen LogP contribution in [0.3, 0.4) is 0 Å². The van der Waals surface area contributed by atoms with Crippen molar-refractivity contribution < 1.29 is 13.9 Å². The molecule has 32 heavy (non-hydrogen) atoms. The molecule has 0 atom stereocenters. The molecule has 1 fully saturated rings. The summed E-state index contributed by atoms with van der Waals surface area (Å²) in [7, 11) is 1.71. The van der Waals surface area contributed by atoms with E-state index in [-0.39, 0.29) is 11.7 Å². The van der Waals surface area contributed by atoms with Crippen LogP contribution in [0.25, 0.3) is 6.08 Å². The number of nitrogens with one attached hydrogen (secondary N) is 1. The van der Waals surface area contributed by atoms with E-state index in [4.69, 9.17) is 4.74 Å². The van der Waals surface area contributed by atoms with Crippen LogP contribution in [0, 0.1) is 5.82 Å². The maximum atomic E-state index is 13.0. The third-order valence-electron chi connectivity index (χ3n) is 5.28. The Morgan fingerprint density at radius 3 is 2.34 bits per heavy atom. The molecule has 2 aromatic rings. The van der Waals surface area contributed by atoms with Gasteiger partial charge in [-0.25, -0.2) is 4.39 Å². The Balaban J connectivity index is 1.61. The number of allylic oxidation sites excluding steroid dienone is 1. The lowest BCUT2D eigenvalue weighted by atomic mass is 10.1. The van der Waals surface area contributed by atoms with Crippen LogP contribution in [0.4, 0.5) is 4.39 Å². The molecule has 0 unspecified atom stereocenters. The predicted octanol–water partition coefficient (Wildman–Crippen LogP) is 4.86. The molecule has 2 aromatic carbocycles. The van der Waals surface area contributed by atoms with Crippen molar-refractivity contribution in [3.63, 3.8) is 0 Å². The average molecular weight is 436 g/mol. The topological polar surface area (TPSA) is 53.9 Å². The summed E-state index contributed by atoms with van der Waals surface area (Å²) in [5.74, 6) is 0.808. The van der Waals surface area contributed by atoms with Gasteiger partial charge in [0, 0.05) is 31.4 Å². The molecule has 5 nitrogen and oxygen atoms in total. The van der Waals surface area contributed by atoms with E-state index in [2.05, 4.69) is 15.2 Å². The number of rotatable bonds is 9. The molecule has 0 saturated carbocycles. The van der Waals surface area contributed by atoms with Crippen LogP contribution in [0.2, 0.25) is 0 Å². The van der Waals surface area contributed by atoms with E-state index in [0.29, 0.717) is 23.6 Å². The molecule has 0 radical (unpaired) electrons. The Morgan fingerprint density at radius 1 is 1.09 bits per heavy atom. The van der Waals surface area contributed by atoms with Crippen molar-refractivity contribution in [2.45, 2.75) is 19.8 Å². The molecule has 3 rings (SSSR count). The number of carbonyl (C=O) groups excluding carboxylic acids is 1. The van der Waals surface area contributed by atoms with Crippen molar-refractivity contribution >= 4 is 17.7 Å². The summed E-state index contributed by atoms with van der Waals surface area (Å²) in [4.78, 5) is 19.2. The predicted molar refractivity (Wildman–Crippen MR) is 128 cm³/mol. The number of ether oxygens (including phenoxy) is 1. The van der Waals surface area contributed by atoms with Crippen molar-refractivity contribution in [3.05, 3.63) is 77.6 Å². The summed E-state index contributed by atoms with van der Waals surface area (Å²) in [6, 6.07) is 13.4. The molecule has 0 aromatic heterocycles. The van der Waals surface area contributed by atoms with Crippen molar-refractivity contribution in [2.24, 2.45) is 4.99 Å². The van der Waals surface area contributed by atoms with E-state index in [0.717, 1.165) is 30.9 Å². The first-order valence-corrected chi connectivity index (χ1v) is 10.9. The van der Waals surface area contributed by atoms with Gasteiger partial charge in [0.15, 0.2) is 0 Å². The van der Waals surface area contributed by atoms with Crippen LogP contribution in [-0.2, 0) is 4.79 Å². The van der Waals surface area contributed by atoms with Crippen LogP contribution in [0.15, 0.2) is 71.2 Å². The number of hydrogen-bond acceptors (Lipinski definition) is 4. The van der Waals surface area contributed by atoms with E-state index in [1.54, 1.807) is 31.3 Å². The Bertz CT molecular complexity index is 973. The molecule has 0 spiro atoms. The number of hydrogen-bond donors (Lipinski definition) is 1. The van der Waals surface area contributed by atoms with Gasteiger partial charge in [-0.2, -0.15) is 0 Å². The summed E-state index contributed by atoms with van der Waals surface area (Å²) in [6.45, 7) is 5.59. The Kier molecular flexibility index (Phi) is 8.75. The summed E-state index contributed by atoms with van der Waals surface area (Å²) < 4.78 is 18.7. The maximum absolute atomic E-state index is 13.0. The number of halogens is 1. The van der Waals surface area contributed by atoms with Crippen LogP contribution in [0.5, 0.6) is 11.5 Å². The zero-order valence-electron chi connectivity index (χ0n) is 18.7. The highest BCUT2D eigenvalue weighted by molar-refractivity contribution is 6.05. The van der Waals surface area contributed by atoms with E-state index in [9.17, 15) is 9.18 Å². The number of carbonyl (C=O) groups is 1. The van der Waals surface area contributed by atoms with Gasteiger partial charge in [-0.15, -0.1) is 0 Å². The SMILES string of the molecule is CN=C(C)/C=C(\C=C\c1ccc(Oc2ccc(F)cc2)cc1)C(=O)NCCN1CCCC1. The second-order valence-electron chi connectivity index (χ2n) is 7.73. The van der Waals surface area contributed by atoms with Crippen LogP contribution in [0.1, 0.15) is 25.3 Å². The van der Waals surface area contributed by atoms with Gasteiger partial charge in [-0.1, -0.05) is 18.2 Å². The third-order valence-corrected chi connectivity index (χ3v) is 5.28. The third kappa shape index (κ3) is 7.46. The minimum Gasteiger partial charge on any atom is -0.457 e. The lowest BCUT2D eigenvalue weighted by molar-refractivity contribution is -0.117. The zero-order chi connectivity index (χ0) is 22.8. The fraction of sp³-hybridized carbons (Fsp3) is 0.308. The summed E-state index contributed by atoms with van der Waals surface area (Å²) in [6.07, 6.45) is 7.95. The molecule has 1 aliphatic heterocycles. The normalized spacial score (nSPS) is 15.3. The monoisotopic (exact) mass is 435 g/mol. The summed E-state index contributed by atoms with van der Waals surface area (Å²) >= 11 is 0. The van der Waals surface area contributed by atoms with E-state index >= 15 is 0 Å². The lowest BCUT2D eigenvalue weighted by Crippen LogP contribution is -2.34. The van der Waals surface area contributed by atoms with Crippen LogP contribution in [-0.4, -0.2) is 49.7 Å². The molecule has 0 bridgehead atoms. The highest BCUT2D eigenvalue weighted by atomic mass is 19.1. The van der Waals surface area contributed by atoms with Gasteiger partial charge in [-0.05, 0) is 87.0 Å². The second-order valence-corrected chi connectivity index (χ2v) is 7.73. The summed E-state index contributed by atoms with van der Waals surface area (Å²) in [5, 5.41) is 3.01. The minimum absolute atomic E-state index is 0.111. The van der Waals surface area contributed by atoms with Crippen molar-refractivity contribution in [3.8, 4) is 11.5 Å². The smallest absolute Gasteiger partial charge is 0.251 e. The molecule has 1 N–H and O–H groups in total. The zero-order valence-corrected chi connectivity index (χ0v) is 18.7. The molecule has 1 heterocycles. The molecule has 0 aliphatic carbocycles. The molecular weight excluding hydrogens is 405 g/mol. The Hall–Kier alpha value is -3.25. The first kappa shape index (κ1) is 23.4. The van der Waals surface area contributed by atoms with Gasteiger partial charge in [-0.3, -0.25) is 9.79 Å². The first-order chi connectivity index (χ1) is 15.5. The fourth-order valence-electron chi connectivity index (χ4n) is 3.39. The number of nitrogens with zero attached hydrogens (tertiary/aromatic N) is 2. The molecule has 1 aliphatic rings. The second kappa shape index (κ2) is 12.0. The van der Waals surface area contributed by atoms with Gasteiger partial charge in [0.05, 0.1) is 0 Å².